The van der Waals surface area contributed by atoms with Crippen LogP contribution in [0.5, 0.6) is 5.75 Å². The van der Waals surface area contributed by atoms with Crippen molar-refractivity contribution in [3.05, 3.63) is 28.8 Å². The van der Waals surface area contributed by atoms with Crippen LogP contribution >= 0.6 is 11.6 Å². The molecule has 3 nitrogen and oxygen atoms in total. The van der Waals surface area contributed by atoms with Crippen LogP contribution in [0.25, 0.3) is 0 Å². The van der Waals surface area contributed by atoms with Crippen LogP contribution in [0, 0.1) is 0 Å². The minimum atomic E-state index is 0.310. The minimum absolute atomic E-state index is 0.310. The standard InChI is InChI=1S/C17H26ClNO2/c1-20-12-11-19-13-14-7-6-10-16(18)17(14)21-15-8-4-2-3-5-9-15/h6-7,10,15,19H,2-5,8-9,11-13H2,1H3. The second kappa shape index (κ2) is 9.29. The van der Waals surface area contributed by atoms with Crippen LogP contribution in [-0.2, 0) is 11.3 Å². The third-order valence-corrected chi connectivity index (χ3v) is 4.23. The maximum Gasteiger partial charge on any atom is 0.142 e. The van der Waals surface area contributed by atoms with E-state index in [0.717, 1.165) is 37.2 Å². The Kier molecular flexibility index (Phi) is 7.34. The van der Waals surface area contributed by atoms with Gasteiger partial charge in [-0.3, -0.25) is 0 Å². The van der Waals surface area contributed by atoms with Crippen molar-refractivity contribution in [3.63, 3.8) is 0 Å². The van der Waals surface area contributed by atoms with Crippen molar-refractivity contribution in [1.29, 1.82) is 0 Å². The van der Waals surface area contributed by atoms with Gasteiger partial charge in [-0.15, -0.1) is 0 Å². The monoisotopic (exact) mass is 311 g/mol. The molecular formula is C17H26ClNO2. The summed E-state index contributed by atoms with van der Waals surface area (Å²) in [6.07, 6.45) is 7.77. The predicted molar refractivity (Wildman–Crippen MR) is 87.2 cm³/mol. The summed E-state index contributed by atoms with van der Waals surface area (Å²) in [5.74, 6) is 0.857. The second-order valence-corrected chi connectivity index (χ2v) is 6.04. The van der Waals surface area contributed by atoms with Gasteiger partial charge < -0.3 is 14.8 Å². The third-order valence-electron chi connectivity index (χ3n) is 3.93. The smallest absolute Gasteiger partial charge is 0.142 e. The van der Waals surface area contributed by atoms with E-state index in [1.54, 1.807) is 7.11 Å². The molecule has 0 spiro atoms. The number of methoxy groups -OCH3 is 1. The average Bonchev–Trinajstić information content (AvgIpc) is 2.75. The Morgan fingerprint density at radius 3 is 2.67 bits per heavy atom. The summed E-state index contributed by atoms with van der Waals surface area (Å²) in [6, 6.07) is 5.97. The summed E-state index contributed by atoms with van der Waals surface area (Å²) in [5.41, 5.74) is 1.13. The molecule has 2 rings (SSSR count). The molecule has 118 valence electrons. The third kappa shape index (κ3) is 5.50. The molecule has 1 saturated carbocycles. The predicted octanol–water partition coefficient (Wildman–Crippen LogP) is 4.18. The number of hydrogen-bond donors (Lipinski definition) is 1. The van der Waals surface area contributed by atoms with E-state index in [1.807, 2.05) is 12.1 Å². The lowest BCUT2D eigenvalue weighted by Crippen LogP contribution is -2.21. The molecule has 1 N–H and O–H groups in total. The topological polar surface area (TPSA) is 30.5 Å². The molecule has 0 saturated heterocycles. The fourth-order valence-corrected chi connectivity index (χ4v) is 2.99. The van der Waals surface area contributed by atoms with Crippen molar-refractivity contribution in [2.24, 2.45) is 0 Å². The van der Waals surface area contributed by atoms with Crippen molar-refractivity contribution >= 4 is 11.6 Å². The number of benzene rings is 1. The molecule has 0 aromatic heterocycles. The molecule has 0 atom stereocenters. The molecule has 0 unspecified atom stereocenters. The summed E-state index contributed by atoms with van der Waals surface area (Å²) in [5, 5.41) is 4.07. The first-order valence-electron chi connectivity index (χ1n) is 7.95. The molecule has 0 amide bonds. The van der Waals surface area contributed by atoms with Crippen LogP contribution < -0.4 is 10.1 Å². The number of para-hydroxylation sites is 1. The van der Waals surface area contributed by atoms with Gasteiger partial charge in [0.25, 0.3) is 0 Å². The van der Waals surface area contributed by atoms with Crippen molar-refractivity contribution in [3.8, 4) is 5.75 Å². The highest BCUT2D eigenvalue weighted by Gasteiger charge is 2.17. The van der Waals surface area contributed by atoms with E-state index >= 15 is 0 Å². The Morgan fingerprint density at radius 1 is 1.19 bits per heavy atom. The Morgan fingerprint density at radius 2 is 1.95 bits per heavy atom. The van der Waals surface area contributed by atoms with E-state index in [-0.39, 0.29) is 0 Å². The molecule has 1 fully saturated rings. The highest BCUT2D eigenvalue weighted by molar-refractivity contribution is 6.32. The zero-order valence-electron chi connectivity index (χ0n) is 12.9. The minimum Gasteiger partial charge on any atom is -0.489 e. The lowest BCUT2D eigenvalue weighted by molar-refractivity contribution is 0.181. The number of halogens is 1. The van der Waals surface area contributed by atoms with Gasteiger partial charge in [-0.05, 0) is 31.7 Å². The first kappa shape index (κ1) is 16.6. The Bertz CT molecular complexity index is 417. The van der Waals surface area contributed by atoms with Gasteiger partial charge in [0.1, 0.15) is 5.75 Å². The fraction of sp³-hybridized carbons (Fsp3) is 0.647. The lowest BCUT2D eigenvalue weighted by Gasteiger charge is -2.20. The fourth-order valence-electron chi connectivity index (χ4n) is 2.75. The van der Waals surface area contributed by atoms with Gasteiger partial charge in [0.15, 0.2) is 0 Å². The van der Waals surface area contributed by atoms with Gasteiger partial charge in [0.05, 0.1) is 17.7 Å². The van der Waals surface area contributed by atoms with Crippen LogP contribution in [0.1, 0.15) is 44.1 Å². The molecule has 0 aliphatic heterocycles. The maximum atomic E-state index is 6.35. The van der Waals surface area contributed by atoms with Gasteiger partial charge in [0, 0.05) is 25.8 Å². The van der Waals surface area contributed by atoms with E-state index in [9.17, 15) is 0 Å². The number of nitrogens with one attached hydrogen (secondary N) is 1. The van der Waals surface area contributed by atoms with Crippen LogP contribution in [-0.4, -0.2) is 26.4 Å². The van der Waals surface area contributed by atoms with Gasteiger partial charge in [-0.2, -0.15) is 0 Å². The first-order chi connectivity index (χ1) is 10.3. The van der Waals surface area contributed by atoms with E-state index in [0.29, 0.717) is 17.7 Å². The summed E-state index contributed by atoms with van der Waals surface area (Å²) in [7, 11) is 1.71. The molecule has 0 heterocycles. The Labute approximate surface area is 133 Å². The normalized spacial score (nSPS) is 16.7. The molecule has 21 heavy (non-hydrogen) atoms. The summed E-state index contributed by atoms with van der Waals surface area (Å²) < 4.78 is 11.3. The molecule has 1 aromatic carbocycles. The van der Waals surface area contributed by atoms with E-state index in [1.165, 1.54) is 25.7 Å². The molecule has 1 aromatic rings. The Hall–Kier alpha value is -0.770. The van der Waals surface area contributed by atoms with Gasteiger partial charge in [-0.1, -0.05) is 36.6 Å². The zero-order chi connectivity index (χ0) is 14.9. The molecule has 0 radical (unpaired) electrons. The van der Waals surface area contributed by atoms with Gasteiger partial charge in [-0.25, -0.2) is 0 Å². The van der Waals surface area contributed by atoms with Crippen molar-refractivity contribution in [1.82, 2.24) is 5.32 Å². The van der Waals surface area contributed by atoms with E-state index < -0.39 is 0 Å². The molecule has 1 aliphatic rings. The van der Waals surface area contributed by atoms with Crippen molar-refractivity contribution in [2.75, 3.05) is 20.3 Å². The average molecular weight is 312 g/mol. The van der Waals surface area contributed by atoms with Gasteiger partial charge in [0.2, 0.25) is 0 Å². The van der Waals surface area contributed by atoms with Gasteiger partial charge >= 0.3 is 0 Å². The summed E-state index contributed by atoms with van der Waals surface area (Å²) in [6.45, 7) is 2.29. The largest absolute Gasteiger partial charge is 0.489 e. The van der Waals surface area contributed by atoms with Crippen molar-refractivity contribution in [2.45, 2.75) is 51.2 Å². The molecule has 4 heteroatoms. The SMILES string of the molecule is COCCNCc1cccc(Cl)c1OC1CCCCCC1. The summed E-state index contributed by atoms with van der Waals surface area (Å²) >= 11 is 6.35. The molecule has 0 bridgehead atoms. The Balaban J connectivity index is 1.98. The zero-order valence-corrected chi connectivity index (χ0v) is 13.6. The van der Waals surface area contributed by atoms with Crippen LogP contribution in [0.2, 0.25) is 5.02 Å². The first-order valence-corrected chi connectivity index (χ1v) is 8.32. The highest BCUT2D eigenvalue weighted by atomic mass is 35.5. The molecule has 1 aliphatic carbocycles. The van der Waals surface area contributed by atoms with Crippen molar-refractivity contribution < 1.29 is 9.47 Å². The summed E-state index contributed by atoms with van der Waals surface area (Å²) in [4.78, 5) is 0. The second-order valence-electron chi connectivity index (χ2n) is 5.63. The number of ether oxygens (including phenoxy) is 2. The van der Waals surface area contributed by atoms with Crippen LogP contribution in [0.15, 0.2) is 18.2 Å². The maximum absolute atomic E-state index is 6.35. The quantitative estimate of drug-likeness (QED) is 0.605. The van der Waals surface area contributed by atoms with E-state index in [4.69, 9.17) is 21.1 Å². The number of rotatable bonds is 7. The lowest BCUT2D eigenvalue weighted by atomic mass is 10.1. The van der Waals surface area contributed by atoms with Crippen LogP contribution in [0.3, 0.4) is 0 Å². The number of hydrogen-bond acceptors (Lipinski definition) is 3. The molecular weight excluding hydrogens is 286 g/mol. The highest BCUT2D eigenvalue weighted by Crippen LogP contribution is 2.32. The van der Waals surface area contributed by atoms with Crippen LogP contribution in [0.4, 0.5) is 0 Å². The van der Waals surface area contributed by atoms with E-state index in [2.05, 4.69) is 11.4 Å².